The van der Waals surface area contributed by atoms with E-state index in [1.165, 1.54) is 0 Å². The molecule has 0 atom stereocenters. The molecule has 2 heterocycles. The van der Waals surface area contributed by atoms with E-state index < -0.39 is 0 Å². The Balaban J connectivity index is 1.28. The van der Waals surface area contributed by atoms with Crippen LogP contribution in [0.15, 0.2) is 218 Å². The molecule has 0 spiro atoms. The molecule has 8 aromatic rings. The zero-order valence-corrected chi connectivity index (χ0v) is 33.6. The molecular formula is C50H33IN4OS. The molecule has 1 aromatic heterocycles. The van der Waals surface area contributed by atoms with Crippen LogP contribution >= 0.6 is 34.4 Å². The molecule has 1 aliphatic heterocycles. The molecule has 5 nitrogen and oxygen atoms in total. The minimum atomic E-state index is 0.584. The van der Waals surface area contributed by atoms with Gasteiger partial charge in [-0.25, -0.2) is 20.0 Å². The normalized spacial score (nSPS) is 12.3. The van der Waals surface area contributed by atoms with Crippen LogP contribution in [0.25, 0.3) is 45.0 Å². The number of hydrogen-bond donors (Lipinski definition) is 0. The summed E-state index contributed by atoms with van der Waals surface area (Å²) in [5.41, 5.74) is 9.62. The lowest BCUT2D eigenvalue weighted by atomic mass is 9.92. The lowest BCUT2D eigenvalue weighted by Gasteiger charge is -2.23. The fourth-order valence-corrected chi connectivity index (χ4v) is 8.13. The molecule has 0 saturated heterocycles. The number of aliphatic imine (C=N–C) groups is 2. The van der Waals surface area contributed by atoms with Crippen molar-refractivity contribution >= 4 is 51.6 Å². The summed E-state index contributed by atoms with van der Waals surface area (Å²) < 4.78 is 7.48. The van der Waals surface area contributed by atoms with Gasteiger partial charge in [0, 0.05) is 37.0 Å². The van der Waals surface area contributed by atoms with E-state index in [4.69, 9.17) is 24.7 Å². The van der Waals surface area contributed by atoms with Crippen LogP contribution in [-0.4, -0.2) is 21.5 Å². The highest BCUT2D eigenvalue weighted by atomic mass is 127. The van der Waals surface area contributed by atoms with E-state index in [0.29, 0.717) is 17.4 Å². The molecule has 57 heavy (non-hydrogen) atoms. The number of halogens is 1. The maximum absolute atomic E-state index is 6.71. The SMILES string of the molecule is C=C(I)/C(=N\C(=N/c1ccccc1)c1ccccc1)c1ccc(-c2cccc3c2Oc2ccccc2S3)c(-c2cc(-c3ccccc3)nc(-c3ccccc3)n2)c1. The standard InChI is InChI=1S/C50H33IN4OS/c1-33(51)47(55-49(35-19-8-3-9-20-35)52-38-23-12-5-13-24-38)37-29-30-39(40-25-16-28-46-48(40)56-44-26-14-15-27-45(44)57-46)41(31-37)43-32-42(34-17-6-2-7-18-34)53-50(54-43)36-21-10-4-11-22-36/h2-32H,1H2/b52-49-,55-47+. The van der Waals surface area contributed by atoms with E-state index in [9.17, 15) is 0 Å². The van der Waals surface area contributed by atoms with Crippen molar-refractivity contribution in [3.63, 3.8) is 0 Å². The first-order valence-corrected chi connectivity index (χ1v) is 20.3. The first kappa shape index (κ1) is 36.2. The van der Waals surface area contributed by atoms with Crippen LogP contribution in [0, 0.1) is 0 Å². The van der Waals surface area contributed by atoms with E-state index >= 15 is 0 Å². The number of ether oxygens (including phenoxy) is 1. The van der Waals surface area contributed by atoms with Gasteiger partial charge >= 0.3 is 0 Å². The van der Waals surface area contributed by atoms with Gasteiger partial charge in [0.15, 0.2) is 11.7 Å². The summed E-state index contributed by atoms with van der Waals surface area (Å²) in [7, 11) is 0. The number of rotatable bonds is 8. The molecule has 0 fully saturated rings. The number of hydrogen-bond acceptors (Lipinski definition) is 5. The Labute approximate surface area is 349 Å². The molecule has 272 valence electrons. The number of aromatic nitrogens is 2. The number of para-hydroxylation sites is 3. The molecule has 0 amide bonds. The summed E-state index contributed by atoms with van der Waals surface area (Å²) in [6, 6.07) is 63.3. The van der Waals surface area contributed by atoms with Crippen molar-refractivity contribution in [3.8, 4) is 56.5 Å². The van der Waals surface area contributed by atoms with Crippen molar-refractivity contribution in [2.75, 3.05) is 0 Å². The maximum Gasteiger partial charge on any atom is 0.160 e. The summed E-state index contributed by atoms with van der Waals surface area (Å²) in [6.45, 7) is 4.41. The highest BCUT2D eigenvalue weighted by Gasteiger charge is 2.24. The van der Waals surface area contributed by atoms with Crippen molar-refractivity contribution in [1.82, 2.24) is 9.97 Å². The van der Waals surface area contributed by atoms with Crippen LogP contribution in [0.2, 0.25) is 0 Å². The molecule has 7 aromatic carbocycles. The van der Waals surface area contributed by atoms with Crippen molar-refractivity contribution in [2.45, 2.75) is 9.79 Å². The second-order valence-corrected chi connectivity index (χ2v) is 15.6. The summed E-state index contributed by atoms with van der Waals surface area (Å²) in [4.78, 5) is 22.8. The average molecular weight is 865 g/mol. The first-order valence-electron chi connectivity index (χ1n) is 18.4. The Bertz CT molecular complexity index is 2750. The maximum atomic E-state index is 6.71. The fourth-order valence-electron chi connectivity index (χ4n) is 6.71. The second-order valence-electron chi connectivity index (χ2n) is 13.2. The van der Waals surface area contributed by atoms with Gasteiger partial charge < -0.3 is 4.74 Å². The lowest BCUT2D eigenvalue weighted by molar-refractivity contribution is 0.456. The molecule has 0 radical (unpaired) electrons. The molecule has 9 rings (SSSR count). The third kappa shape index (κ3) is 7.85. The van der Waals surface area contributed by atoms with Gasteiger partial charge in [0.05, 0.1) is 32.6 Å². The lowest BCUT2D eigenvalue weighted by Crippen LogP contribution is -2.08. The zero-order chi connectivity index (χ0) is 38.6. The quantitative estimate of drug-likeness (QED) is 0.0867. The van der Waals surface area contributed by atoms with E-state index in [-0.39, 0.29) is 0 Å². The van der Waals surface area contributed by atoms with Gasteiger partial charge in [-0.05, 0) is 70.6 Å². The predicted molar refractivity (Wildman–Crippen MR) is 243 cm³/mol. The van der Waals surface area contributed by atoms with Gasteiger partial charge in [-0.1, -0.05) is 164 Å². The number of allylic oxidation sites excluding steroid dienone is 1. The molecule has 0 unspecified atom stereocenters. The summed E-state index contributed by atoms with van der Waals surface area (Å²) >= 11 is 3.98. The molecule has 7 heteroatoms. The topological polar surface area (TPSA) is 59.7 Å². The Kier molecular flexibility index (Phi) is 10.4. The van der Waals surface area contributed by atoms with Crippen molar-refractivity contribution in [3.05, 3.63) is 209 Å². The van der Waals surface area contributed by atoms with Gasteiger partial charge in [-0.15, -0.1) is 0 Å². The van der Waals surface area contributed by atoms with E-state index in [1.54, 1.807) is 11.8 Å². The van der Waals surface area contributed by atoms with Crippen molar-refractivity contribution in [1.29, 1.82) is 0 Å². The van der Waals surface area contributed by atoms with Gasteiger partial charge in [0.2, 0.25) is 0 Å². The van der Waals surface area contributed by atoms with E-state index in [2.05, 4.69) is 89.8 Å². The first-order chi connectivity index (χ1) is 28.1. The minimum Gasteiger partial charge on any atom is -0.454 e. The third-order valence-corrected chi connectivity index (χ3v) is 11.1. The van der Waals surface area contributed by atoms with E-state index in [0.717, 1.165) is 80.9 Å². The molecule has 0 saturated carbocycles. The number of amidine groups is 1. The smallest absolute Gasteiger partial charge is 0.160 e. The third-order valence-electron chi connectivity index (χ3n) is 9.44. The average Bonchev–Trinajstić information content (AvgIpc) is 3.27. The van der Waals surface area contributed by atoms with Crippen LogP contribution in [0.1, 0.15) is 11.1 Å². The Morgan fingerprint density at radius 2 is 1.18 bits per heavy atom. The zero-order valence-electron chi connectivity index (χ0n) is 30.6. The highest BCUT2D eigenvalue weighted by Crippen LogP contribution is 2.52. The predicted octanol–water partition coefficient (Wildman–Crippen LogP) is 13.9. The monoisotopic (exact) mass is 864 g/mol. The van der Waals surface area contributed by atoms with Crippen LogP contribution in [0.4, 0.5) is 5.69 Å². The molecule has 0 aliphatic carbocycles. The fraction of sp³-hybridized carbons (Fsp3) is 0. The number of nitrogens with zero attached hydrogens (tertiary/aromatic N) is 4. The van der Waals surface area contributed by atoms with Gasteiger partial charge in [-0.2, -0.15) is 0 Å². The highest BCUT2D eigenvalue weighted by molar-refractivity contribution is 14.1. The van der Waals surface area contributed by atoms with Crippen molar-refractivity contribution in [2.24, 2.45) is 9.98 Å². The Morgan fingerprint density at radius 3 is 1.91 bits per heavy atom. The van der Waals surface area contributed by atoms with Gasteiger partial charge in [0.25, 0.3) is 0 Å². The summed E-state index contributed by atoms with van der Waals surface area (Å²) in [5.74, 6) is 2.86. The summed E-state index contributed by atoms with van der Waals surface area (Å²) in [5, 5.41) is 0. The minimum absolute atomic E-state index is 0.584. The molecule has 0 bridgehead atoms. The Hall–Kier alpha value is -6.42. The van der Waals surface area contributed by atoms with Gasteiger partial charge in [-0.3, -0.25) is 0 Å². The van der Waals surface area contributed by atoms with E-state index in [1.807, 2.05) is 127 Å². The number of benzene rings is 7. The van der Waals surface area contributed by atoms with Crippen LogP contribution in [0.3, 0.4) is 0 Å². The number of fused-ring (bicyclic) bond motifs is 2. The summed E-state index contributed by atoms with van der Waals surface area (Å²) in [6.07, 6.45) is 0. The second kappa shape index (κ2) is 16.4. The largest absolute Gasteiger partial charge is 0.454 e. The molecule has 1 aliphatic rings. The molecular weight excluding hydrogens is 832 g/mol. The van der Waals surface area contributed by atoms with Crippen molar-refractivity contribution < 1.29 is 4.74 Å². The van der Waals surface area contributed by atoms with Crippen LogP contribution in [0.5, 0.6) is 11.5 Å². The Morgan fingerprint density at radius 1 is 0.544 bits per heavy atom. The van der Waals surface area contributed by atoms with Gasteiger partial charge in [0.1, 0.15) is 11.5 Å². The van der Waals surface area contributed by atoms with Crippen LogP contribution in [-0.2, 0) is 0 Å². The van der Waals surface area contributed by atoms with Crippen LogP contribution < -0.4 is 4.74 Å². The molecule has 0 N–H and O–H groups in total.